The minimum absolute atomic E-state index is 0.165. The van der Waals surface area contributed by atoms with Crippen molar-refractivity contribution in [3.63, 3.8) is 0 Å². The number of aryl methyl sites for hydroxylation is 2. The van der Waals surface area contributed by atoms with Gasteiger partial charge in [0.25, 0.3) is 15.9 Å². The molecule has 1 aliphatic rings. The van der Waals surface area contributed by atoms with Crippen molar-refractivity contribution in [2.45, 2.75) is 50.8 Å². The van der Waals surface area contributed by atoms with Gasteiger partial charge in [0, 0.05) is 6.54 Å². The van der Waals surface area contributed by atoms with Crippen molar-refractivity contribution in [1.82, 2.24) is 10.3 Å². The SMILES string of the molecule is Cc1ccc(S(=O)(=O)Nc2nc(C)c(C(=O)NCCC3=CCCCC3)s2)cc1. The molecule has 0 saturated heterocycles. The Morgan fingerprint density at radius 1 is 1.18 bits per heavy atom. The van der Waals surface area contributed by atoms with Gasteiger partial charge in [0.15, 0.2) is 5.13 Å². The molecule has 8 heteroatoms. The number of carbonyl (C=O) groups is 1. The van der Waals surface area contributed by atoms with Crippen LogP contribution in [0.2, 0.25) is 0 Å². The molecular formula is C20H25N3O3S2. The third-order valence-electron chi connectivity index (χ3n) is 4.67. The number of anilines is 1. The Kier molecular flexibility index (Phi) is 6.51. The van der Waals surface area contributed by atoms with E-state index in [2.05, 4.69) is 21.1 Å². The van der Waals surface area contributed by atoms with Crippen LogP contribution in [-0.2, 0) is 10.0 Å². The van der Waals surface area contributed by atoms with Crippen molar-refractivity contribution < 1.29 is 13.2 Å². The number of thiazole rings is 1. The molecule has 6 nitrogen and oxygen atoms in total. The monoisotopic (exact) mass is 419 g/mol. The molecular weight excluding hydrogens is 394 g/mol. The van der Waals surface area contributed by atoms with Crippen molar-refractivity contribution in [2.75, 3.05) is 11.3 Å². The van der Waals surface area contributed by atoms with Crippen LogP contribution in [0.3, 0.4) is 0 Å². The molecule has 0 atom stereocenters. The van der Waals surface area contributed by atoms with Crippen molar-refractivity contribution in [3.8, 4) is 0 Å². The maximum absolute atomic E-state index is 12.5. The summed E-state index contributed by atoms with van der Waals surface area (Å²) < 4.78 is 27.5. The third-order valence-corrected chi connectivity index (χ3v) is 7.23. The van der Waals surface area contributed by atoms with Crippen LogP contribution in [0, 0.1) is 13.8 Å². The number of amides is 1. The highest BCUT2D eigenvalue weighted by atomic mass is 32.2. The molecule has 0 unspecified atom stereocenters. The van der Waals surface area contributed by atoms with Crippen molar-refractivity contribution >= 4 is 32.4 Å². The van der Waals surface area contributed by atoms with Gasteiger partial charge in [0.05, 0.1) is 10.6 Å². The molecule has 1 heterocycles. The highest BCUT2D eigenvalue weighted by molar-refractivity contribution is 7.93. The average Bonchev–Trinajstić information content (AvgIpc) is 3.02. The Bertz CT molecular complexity index is 977. The number of hydrogen-bond donors (Lipinski definition) is 2. The van der Waals surface area contributed by atoms with Gasteiger partial charge in [-0.15, -0.1) is 0 Å². The van der Waals surface area contributed by atoms with Gasteiger partial charge in [0.1, 0.15) is 4.88 Å². The molecule has 0 saturated carbocycles. The number of aromatic nitrogens is 1. The van der Waals surface area contributed by atoms with E-state index in [1.165, 1.54) is 18.4 Å². The Morgan fingerprint density at radius 3 is 2.61 bits per heavy atom. The van der Waals surface area contributed by atoms with E-state index in [-0.39, 0.29) is 15.9 Å². The maximum atomic E-state index is 12.5. The van der Waals surface area contributed by atoms with E-state index < -0.39 is 10.0 Å². The first-order valence-corrected chi connectivity index (χ1v) is 11.7. The van der Waals surface area contributed by atoms with E-state index in [0.29, 0.717) is 17.1 Å². The fraction of sp³-hybridized carbons (Fsp3) is 0.400. The molecule has 1 aromatic carbocycles. The van der Waals surface area contributed by atoms with E-state index in [1.54, 1.807) is 31.2 Å². The average molecular weight is 420 g/mol. The molecule has 1 aromatic heterocycles. The van der Waals surface area contributed by atoms with E-state index >= 15 is 0 Å². The van der Waals surface area contributed by atoms with Gasteiger partial charge >= 0.3 is 0 Å². The van der Waals surface area contributed by atoms with Crippen LogP contribution < -0.4 is 10.0 Å². The Hall–Kier alpha value is -2.19. The highest BCUT2D eigenvalue weighted by Crippen LogP contribution is 2.25. The number of benzene rings is 1. The molecule has 0 fully saturated rings. The molecule has 1 aliphatic carbocycles. The molecule has 2 N–H and O–H groups in total. The van der Waals surface area contributed by atoms with Gasteiger partial charge in [-0.25, -0.2) is 13.4 Å². The van der Waals surface area contributed by atoms with Crippen LogP contribution in [0.4, 0.5) is 5.13 Å². The second kappa shape index (κ2) is 8.87. The largest absolute Gasteiger partial charge is 0.351 e. The number of hydrogen-bond acceptors (Lipinski definition) is 5. The molecule has 0 aliphatic heterocycles. The van der Waals surface area contributed by atoms with Gasteiger partial charge in [0.2, 0.25) is 0 Å². The normalized spacial score (nSPS) is 14.4. The van der Waals surface area contributed by atoms with Gasteiger partial charge < -0.3 is 5.32 Å². The summed E-state index contributed by atoms with van der Waals surface area (Å²) in [7, 11) is -3.73. The van der Waals surface area contributed by atoms with Crippen LogP contribution in [-0.4, -0.2) is 25.9 Å². The van der Waals surface area contributed by atoms with E-state index in [0.717, 1.165) is 36.2 Å². The lowest BCUT2D eigenvalue weighted by Crippen LogP contribution is -2.24. The second-order valence-corrected chi connectivity index (χ2v) is 9.65. The number of nitrogens with one attached hydrogen (secondary N) is 2. The van der Waals surface area contributed by atoms with Gasteiger partial charge in [-0.1, -0.05) is 40.7 Å². The number of rotatable bonds is 7. The zero-order chi connectivity index (χ0) is 20.1. The van der Waals surface area contributed by atoms with E-state index in [1.807, 2.05) is 6.92 Å². The lowest BCUT2D eigenvalue weighted by molar-refractivity contribution is 0.0957. The quantitative estimate of drug-likeness (QED) is 0.659. The lowest BCUT2D eigenvalue weighted by atomic mass is 9.97. The Morgan fingerprint density at radius 2 is 1.93 bits per heavy atom. The molecule has 0 radical (unpaired) electrons. The number of sulfonamides is 1. The summed E-state index contributed by atoms with van der Waals surface area (Å²) in [6.45, 7) is 4.18. The fourth-order valence-corrected chi connectivity index (χ4v) is 5.21. The Labute approximate surface area is 170 Å². The van der Waals surface area contributed by atoms with Gasteiger partial charge in [-0.3, -0.25) is 9.52 Å². The van der Waals surface area contributed by atoms with Crippen molar-refractivity contribution in [3.05, 3.63) is 52.0 Å². The second-order valence-electron chi connectivity index (χ2n) is 6.97. The van der Waals surface area contributed by atoms with Crippen molar-refractivity contribution in [2.24, 2.45) is 0 Å². The van der Waals surface area contributed by atoms with Crippen LogP contribution in [0.1, 0.15) is 53.0 Å². The van der Waals surface area contributed by atoms with Crippen molar-refractivity contribution in [1.29, 1.82) is 0 Å². The smallest absolute Gasteiger partial charge is 0.263 e. The zero-order valence-electron chi connectivity index (χ0n) is 16.1. The summed E-state index contributed by atoms with van der Waals surface area (Å²) >= 11 is 1.05. The molecule has 0 bridgehead atoms. The summed E-state index contributed by atoms with van der Waals surface area (Å²) in [4.78, 5) is 17.3. The first-order valence-electron chi connectivity index (χ1n) is 9.38. The predicted octanol–water partition coefficient (Wildman–Crippen LogP) is 4.18. The summed E-state index contributed by atoms with van der Waals surface area (Å²) in [5, 5.41) is 3.11. The van der Waals surface area contributed by atoms with Gasteiger partial charge in [-0.05, 0) is 58.1 Å². The Balaban J connectivity index is 1.62. The minimum Gasteiger partial charge on any atom is -0.351 e. The highest BCUT2D eigenvalue weighted by Gasteiger charge is 2.20. The standard InChI is InChI=1S/C20H25N3O3S2/c1-14-8-10-17(11-9-14)28(25,26)23-20-22-15(2)18(27-20)19(24)21-13-12-16-6-4-3-5-7-16/h6,8-11H,3-5,7,12-13H2,1-2H3,(H,21,24)(H,22,23). The number of carbonyl (C=O) groups excluding carboxylic acids is 1. The minimum atomic E-state index is -3.73. The van der Waals surface area contributed by atoms with Crippen LogP contribution >= 0.6 is 11.3 Å². The third kappa shape index (κ3) is 5.20. The zero-order valence-corrected chi connectivity index (χ0v) is 17.8. The van der Waals surface area contributed by atoms with Crippen LogP contribution in [0.25, 0.3) is 0 Å². The maximum Gasteiger partial charge on any atom is 0.263 e. The molecule has 150 valence electrons. The topological polar surface area (TPSA) is 88.2 Å². The summed E-state index contributed by atoms with van der Waals surface area (Å²) in [6.07, 6.45) is 7.83. The summed E-state index contributed by atoms with van der Waals surface area (Å²) in [5.74, 6) is -0.216. The predicted molar refractivity (Wildman–Crippen MR) is 112 cm³/mol. The fourth-order valence-electron chi connectivity index (χ4n) is 3.09. The van der Waals surface area contributed by atoms with Crippen LogP contribution in [0.5, 0.6) is 0 Å². The molecule has 0 spiro atoms. The molecule has 2 aromatic rings. The molecule has 1 amide bonds. The first kappa shape index (κ1) is 20.5. The van der Waals surface area contributed by atoms with E-state index in [4.69, 9.17) is 0 Å². The van der Waals surface area contributed by atoms with Crippen LogP contribution in [0.15, 0.2) is 40.8 Å². The van der Waals surface area contributed by atoms with Gasteiger partial charge in [-0.2, -0.15) is 0 Å². The first-order chi connectivity index (χ1) is 13.3. The summed E-state index contributed by atoms with van der Waals surface area (Å²) in [6, 6.07) is 6.57. The molecule has 3 rings (SSSR count). The number of allylic oxidation sites excluding steroid dienone is 1. The number of nitrogens with zero attached hydrogens (tertiary/aromatic N) is 1. The molecule has 28 heavy (non-hydrogen) atoms. The van der Waals surface area contributed by atoms with E-state index in [9.17, 15) is 13.2 Å². The summed E-state index contributed by atoms with van der Waals surface area (Å²) in [5.41, 5.74) is 2.90. The lowest BCUT2D eigenvalue weighted by Gasteiger charge is -2.12.